The first-order chi connectivity index (χ1) is 12.8. The maximum atomic E-state index is 12.8. The highest BCUT2D eigenvalue weighted by atomic mass is 32.2. The maximum absolute atomic E-state index is 12.8. The fraction of sp³-hybridized carbons (Fsp3) is 0.381. The molecule has 0 spiro atoms. The summed E-state index contributed by atoms with van der Waals surface area (Å²) in [4.78, 5) is 12.9. The van der Waals surface area contributed by atoms with Crippen LogP contribution in [0.1, 0.15) is 54.2 Å². The SMILES string of the molecule is Cc1ccc(C(NC(=O)c2cccc(S(=O)(=O)NC(C)C)c2)C2CC2)cc1. The van der Waals surface area contributed by atoms with E-state index in [1.165, 1.54) is 17.7 Å². The molecule has 144 valence electrons. The van der Waals surface area contributed by atoms with E-state index in [0.29, 0.717) is 11.5 Å². The zero-order chi connectivity index (χ0) is 19.6. The molecule has 1 aliphatic carbocycles. The van der Waals surface area contributed by atoms with Gasteiger partial charge in [0.1, 0.15) is 0 Å². The Labute approximate surface area is 161 Å². The van der Waals surface area contributed by atoms with E-state index < -0.39 is 10.0 Å². The zero-order valence-corrected chi connectivity index (χ0v) is 16.7. The molecule has 0 aromatic heterocycles. The number of sulfonamides is 1. The summed E-state index contributed by atoms with van der Waals surface area (Å²) in [7, 11) is -3.63. The molecule has 1 atom stereocenters. The second kappa shape index (κ2) is 7.82. The number of aryl methyl sites for hydroxylation is 1. The van der Waals surface area contributed by atoms with Gasteiger partial charge >= 0.3 is 0 Å². The molecule has 27 heavy (non-hydrogen) atoms. The third-order valence-corrected chi connectivity index (χ3v) is 6.27. The van der Waals surface area contributed by atoms with Gasteiger partial charge < -0.3 is 5.32 Å². The lowest BCUT2D eigenvalue weighted by Gasteiger charge is -2.19. The minimum Gasteiger partial charge on any atom is -0.345 e. The van der Waals surface area contributed by atoms with E-state index in [0.717, 1.165) is 18.4 Å². The topological polar surface area (TPSA) is 75.3 Å². The molecule has 1 fully saturated rings. The van der Waals surface area contributed by atoms with E-state index >= 15 is 0 Å². The number of amides is 1. The molecule has 0 aliphatic heterocycles. The first-order valence-corrected chi connectivity index (χ1v) is 10.7. The van der Waals surface area contributed by atoms with Gasteiger partial charge in [-0.2, -0.15) is 0 Å². The van der Waals surface area contributed by atoms with Gasteiger partial charge in [0.2, 0.25) is 10.0 Å². The summed E-state index contributed by atoms with van der Waals surface area (Å²) in [5, 5.41) is 3.10. The van der Waals surface area contributed by atoms with Crippen LogP contribution >= 0.6 is 0 Å². The molecule has 3 rings (SSSR count). The van der Waals surface area contributed by atoms with Gasteiger partial charge in [0.15, 0.2) is 0 Å². The minimum atomic E-state index is -3.63. The number of carbonyl (C=O) groups is 1. The van der Waals surface area contributed by atoms with Crippen molar-refractivity contribution in [1.82, 2.24) is 10.0 Å². The summed E-state index contributed by atoms with van der Waals surface area (Å²) in [5.74, 6) is 0.181. The molecule has 1 unspecified atom stereocenters. The molecule has 2 N–H and O–H groups in total. The van der Waals surface area contributed by atoms with Crippen LogP contribution in [0.15, 0.2) is 53.4 Å². The Morgan fingerprint density at radius 3 is 2.33 bits per heavy atom. The predicted molar refractivity (Wildman–Crippen MR) is 106 cm³/mol. The van der Waals surface area contributed by atoms with E-state index in [-0.39, 0.29) is 22.9 Å². The highest BCUT2D eigenvalue weighted by Crippen LogP contribution is 2.41. The highest BCUT2D eigenvalue weighted by Gasteiger charge is 2.33. The smallest absolute Gasteiger partial charge is 0.251 e. The quantitative estimate of drug-likeness (QED) is 0.764. The van der Waals surface area contributed by atoms with Gasteiger partial charge in [-0.25, -0.2) is 13.1 Å². The average molecular weight is 387 g/mol. The molecule has 1 saturated carbocycles. The predicted octanol–water partition coefficient (Wildman–Crippen LogP) is 3.56. The van der Waals surface area contributed by atoms with Crippen molar-refractivity contribution in [3.63, 3.8) is 0 Å². The Morgan fingerprint density at radius 1 is 1.07 bits per heavy atom. The first kappa shape index (κ1) is 19.6. The van der Waals surface area contributed by atoms with E-state index in [4.69, 9.17) is 0 Å². The summed E-state index contributed by atoms with van der Waals surface area (Å²) in [6.45, 7) is 5.55. The van der Waals surface area contributed by atoms with Crippen LogP contribution in [-0.4, -0.2) is 20.4 Å². The van der Waals surface area contributed by atoms with Crippen molar-refractivity contribution in [3.05, 3.63) is 65.2 Å². The van der Waals surface area contributed by atoms with Gasteiger partial charge in [-0.15, -0.1) is 0 Å². The van der Waals surface area contributed by atoms with Gasteiger partial charge in [0.05, 0.1) is 10.9 Å². The second-order valence-corrected chi connectivity index (χ2v) is 9.22. The molecule has 0 radical (unpaired) electrons. The summed E-state index contributed by atoms with van der Waals surface area (Å²) in [6, 6.07) is 14.1. The molecule has 6 heteroatoms. The maximum Gasteiger partial charge on any atom is 0.251 e. The molecular weight excluding hydrogens is 360 g/mol. The van der Waals surface area contributed by atoms with Crippen molar-refractivity contribution in [2.45, 2.75) is 50.6 Å². The van der Waals surface area contributed by atoms with Crippen molar-refractivity contribution in [1.29, 1.82) is 0 Å². The number of rotatable bonds is 7. The van der Waals surface area contributed by atoms with Gasteiger partial charge in [-0.3, -0.25) is 4.79 Å². The van der Waals surface area contributed by atoms with Gasteiger partial charge in [0, 0.05) is 11.6 Å². The lowest BCUT2D eigenvalue weighted by atomic mass is 10.0. The zero-order valence-electron chi connectivity index (χ0n) is 15.9. The normalized spacial score (nSPS) is 15.6. The molecular formula is C21H26N2O3S. The van der Waals surface area contributed by atoms with Crippen LogP contribution in [-0.2, 0) is 10.0 Å². The Morgan fingerprint density at radius 2 is 1.74 bits per heavy atom. The molecule has 1 aliphatic rings. The van der Waals surface area contributed by atoms with Gasteiger partial charge in [-0.1, -0.05) is 35.9 Å². The van der Waals surface area contributed by atoms with Crippen molar-refractivity contribution in [3.8, 4) is 0 Å². The van der Waals surface area contributed by atoms with Crippen LogP contribution in [0.25, 0.3) is 0 Å². The summed E-state index contributed by atoms with van der Waals surface area (Å²) < 4.78 is 27.3. The highest BCUT2D eigenvalue weighted by molar-refractivity contribution is 7.89. The molecule has 1 amide bonds. The Bertz CT molecular complexity index is 917. The van der Waals surface area contributed by atoms with E-state index in [9.17, 15) is 13.2 Å². The number of carbonyl (C=O) groups excluding carboxylic acids is 1. The Balaban J connectivity index is 1.81. The van der Waals surface area contributed by atoms with Gasteiger partial charge in [0.25, 0.3) is 5.91 Å². The minimum absolute atomic E-state index is 0.0489. The van der Waals surface area contributed by atoms with Crippen LogP contribution in [0.2, 0.25) is 0 Å². The number of nitrogens with one attached hydrogen (secondary N) is 2. The lowest BCUT2D eigenvalue weighted by Crippen LogP contribution is -2.31. The van der Waals surface area contributed by atoms with Crippen molar-refractivity contribution >= 4 is 15.9 Å². The van der Waals surface area contributed by atoms with E-state index in [2.05, 4.69) is 10.0 Å². The number of hydrogen-bond donors (Lipinski definition) is 2. The van der Waals surface area contributed by atoms with E-state index in [1.54, 1.807) is 26.0 Å². The second-order valence-electron chi connectivity index (χ2n) is 7.50. The van der Waals surface area contributed by atoms with Crippen molar-refractivity contribution in [2.75, 3.05) is 0 Å². The van der Waals surface area contributed by atoms with E-state index in [1.807, 2.05) is 31.2 Å². The molecule has 2 aromatic rings. The fourth-order valence-corrected chi connectivity index (χ4v) is 4.38. The van der Waals surface area contributed by atoms with Crippen LogP contribution < -0.4 is 10.0 Å². The Hall–Kier alpha value is -2.18. The average Bonchev–Trinajstić information content (AvgIpc) is 3.44. The summed E-state index contributed by atoms with van der Waals surface area (Å²) in [5.41, 5.74) is 2.61. The molecule has 0 heterocycles. The standard InChI is InChI=1S/C21H26N2O3S/c1-14(2)23-27(25,26)19-6-4-5-18(13-19)21(24)22-20(17-11-12-17)16-9-7-15(3)8-10-16/h4-10,13-14,17,20,23H,11-12H2,1-3H3,(H,22,24). The third-order valence-electron chi connectivity index (χ3n) is 4.61. The number of benzene rings is 2. The largest absolute Gasteiger partial charge is 0.345 e. The molecule has 5 nitrogen and oxygen atoms in total. The van der Waals surface area contributed by atoms with Crippen molar-refractivity contribution < 1.29 is 13.2 Å². The first-order valence-electron chi connectivity index (χ1n) is 9.26. The van der Waals surface area contributed by atoms with Crippen LogP contribution in [0.5, 0.6) is 0 Å². The van der Waals surface area contributed by atoms with Crippen LogP contribution in [0.3, 0.4) is 0 Å². The van der Waals surface area contributed by atoms with Crippen LogP contribution in [0.4, 0.5) is 0 Å². The summed E-state index contributed by atoms with van der Waals surface area (Å²) in [6.07, 6.45) is 2.18. The molecule has 0 bridgehead atoms. The van der Waals surface area contributed by atoms with Crippen LogP contribution in [0, 0.1) is 12.8 Å². The number of hydrogen-bond acceptors (Lipinski definition) is 3. The van der Waals surface area contributed by atoms with Crippen molar-refractivity contribution in [2.24, 2.45) is 5.92 Å². The summed E-state index contributed by atoms with van der Waals surface area (Å²) >= 11 is 0. The molecule has 0 saturated heterocycles. The third kappa shape index (κ3) is 4.96. The Kier molecular flexibility index (Phi) is 5.67. The fourth-order valence-electron chi connectivity index (χ4n) is 3.08. The lowest BCUT2D eigenvalue weighted by molar-refractivity contribution is 0.0931. The van der Waals surface area contributed by atoms with Gasteiger partial charge in [-0.05, 0) is 63.3 Å². The monoisotopic (exact) mass is 386 g/mol. The molecule has 2 aromatic carbocycles.